The summed E-state index contributed by atoms with van der Waals surface area (Å²) in [6.07, 6.45) is 3.25. The van der Waals surface area contributed by atoms with Crippen molar-refractivity contribution in [3.8, 4) is 0 Å². The van der Waals surface area contributed by atoms with Gasteiger partial charge in [0.2, 0.25) is 0 Å². The Kier molecular flexibility index (Phi) is 4.14. The molecule has 0 N–H and O–H groups in total. The summed E-state index contributed by atoms with van der Waals surface area (Å²) in [7, 11) is 1.81. The first-order valence-corrected chi connectivity index (χ1v) is 7.18. The first-order valence-electron chi connectivity index (χ1n) is 5.50. The van der Waals surface area contributed by atoms with Crippen LogP contribution >= 0.6 is 27.3 Å². The fraction of sp³-hybridized carbons (Fsp3) is 0.231. The normalized spacial score (nSPS) is 12.2. The van der Waals surface area contributed by atoms with Crippen molar-refractivity contribution in [3.63, 3.8) is 0 Å². The van der Waals surface area contributed by atoms with Crippen molar-refractivity contribution in [2.24, 2.45) is 0 Å². The Labute approximate surface area is 119 Å². The average Bonchev–Trinajstić information content (AvgIpc) is 2.90. The fourth-order valence-electron chi connectivity index (χ4n) is 1.63. The van der Waals surface area contributed by atoms with E-state index in [9.17, 15) is 4.79 Å². The molecule has 2 rings (SSSR count). The first-order chi connectivity index (χ1) is 8.59. The molecule has 0 aliphatic carbocycles. The number of nitrogens with zero attached hydrogens (tertiary/aromatic N) is 2. The number of carbonyl (C=O) groups is 1. The minimum Gasteiger partial charge on any atom is -0.334 e. The van der Waals surface area contributed by atoms with Crippen molar-refractivity contribution in [1.29, 1.82) is 0 Å². The van der Waals surface area contributed by atoms with E-state index in [1.54, 1.807) is 34.7 Å². The predicted molar refractivity (Wildman–Crippen MR) is 76.8 cm³/mol. The predicted octanol–water partition coefficient (Wildman–Crippen LogP) is 3.74. The molecular formula is C13H13BrN2OS. The number of carbonyl (C=O) groups excluding carboxylic acids is 1. The number of halogens is 1. The molecule has 94 valence electrons. The van der Waals surface area contributed by atoms with Crippen LogP contribution in [0.3, 0.4) is 0 Å². The molecule has 0 aromatic carbocycles. The molecule has 0 saturated carbocycles. The van der Waals surface area contributed by atoms with E-state index in [0.29, 0.717) is 5.56 Å². The number of aromatic nitrogens is 1. The Morgan fingerprint density at radius 1 is 1.50 bits per heavy atom. The standard InChI is InChI=1S/C13H13BrN2OS/c1-9(12-4-3-5-18-12)16(2)13(17)10-6-11(14)8-15-7-10/h3-9H,1-2H3. The fourth-order valence-corrected chi connectivity index (χ4v) is 2.82. The van der Waals surface area contributed by atoms with Gasteiger partial charge in [0.05, 0.1) is 11.6 Å². The highest BCUT2D eigenvalue weighted by Gasteiger charge is 2.19. The molecule has 0 saturated heterocycles. The van der Waals surface area contributed by atoms with Crippen molar-refractivity contribution in [3.05, 3.63) is 50.9 Å². The Hall–Kier alpha value is -1.20. The molecule has 0 radical (unpaired) electrons. The molecule has 18 heavy (non-hydrogen) atoms. The van der Waals surface area contributed by atoms with E-state index in [2.05, 4.69) is 20.9 Å². The van der Waals surface area contributed by atoms with Gasteiger partial charge in [-0.2, -0.15) is 0 Å². The Morgan fingerprint density at radius 3 is 2.89 bits per heavy atom. The van der Waals surface area contributed by atoms with Crippen molar-refractivity contribution in [1.82, 2.24) is 9.88 Å². The molecule has 0 spiro atoms. The third-order valence-corrected chi connectivity index (χ3v) is 4.28. The van der Waals surface area contributed by atoms with E-state index in [4.69, 9.17) is 0 Å². The molecule has 0 bridgehead atoms. The van der Waals surface area contributed by atoms with Crippen LogP contribution in [0, 0.1) is 0 Å². The molecule has 1 atom stereocenters. The molecule has 3 nitrogen and oxygen atoms in total. The molecule has 5 heteroatoms. The summed E-state index contributed by atoms with van der Waals surface area (Å²) in [5.74, 6) is -0.0234. The molecule has 0 fully saturated rings. The summed E-state index contributed by atoms with van der Waals surface area (Å²) >= 11 is 4.98. The molecule has 0 aliphatic rings. The van der Waals surface area contributed by atoms with E-state index >= 15 is 0 Å². The molecule has 2 aromatic heterocycles. The second-order valence-corrected chi connectivity index (χ2v) is 5.89. The van der Waals surface area contributed by atoms with E-state index in [-0.39, 0.29) is 11.9 Å². The summed E-state index contributed by atoms with van der Waals surface area (Å²) in [5.41, 5.74) is 0.593. The van der Waals surface area contributed by atoms with Gasteiger partial charge in [0.1, 0.15) is 0 Å². The van der Waals surface area contributed by atoms with Crippen LogP contribution < -0.4 is 0 Å². The zero-order valence-corrected chi connectivity index (χ0v) is 12.5. The van der Waals surface area contributed by atoms with Crippen molar-refractivity contribution in [2.75, 3.05) is 7.05 Å². The number of hydrogen-bond donors (Lipinski definition) is 0. The van der Waals surface area contributed by atoms with Crippen LogP contribution in [0.25, 0.3) is 0 Å². The second-order valence-electron chi connectivity index (χ2n) is 4.00. The molecule has 2 aromatic rings. The van der Waals surface area contributed by atoms with Gasteiger partial charge in [0, 0.05) is 28.8 Å². The minimum atomic E-state index is -0.0234. The lowest BCUT2D eigenvalue weighted by atomic mass is 10.2. The topological polar surface area (TPSA) is 33.2 Å². The molecular weight excluding hydrogens is 312 g/mol. The average molecular weight is 325 g/mol. The number of hydrogen-bond acceptors (Lipinski definition) is 3. The lowest BCUT2D eigenvalue weighted by Crippen LogP contribution is -2.29. The molecule has 2 heterocycles. The van der Waals surface area contributed by atoms with Gasteiger partial charge in [-0.1, -0.05) is 6.07 Å². The van der Waals surface area contributed by atoms with E-state index in [1.165, 1.54) is 4.88 Å². The van der Waals surface area contributed by atoms with Crippen LogP contribution in [0.4, 0.5) is 0 Å². The van der Waals surface area contributed by atoms with Gasteiger partial charge in [0.15, 0.2) is 0 Å². The van der Waals surface area contributed by atoms with Crippen LogP contribution in [-0.2, 0) is 0 Å². The summed E-state index contributed by atoms with van der Waals surface area (Å²) in [4.78, 5) is 19.2. The van der Waals surface area contributed by atoms with Crippen LogP contribution in [-0.4, -0.2) is 22.8 Å². The summed E-state index contributed by atoms with van der Waals surface area (Å²) in [6.45, 7) is 2.02. The smallest absolute Gasteiger partial charge is 0.255 e. The molecule has 1 unspecified atom stereocenters. The Balaban J connectivity index is 2.19. The third kappa shape index (κ3) is 2.79. The van der Waals surface area contributed by atoms with Crippen molar-refractivity contribution in [2.45, 2.75) is 13.0 Å². The lowest BCUT2D eigenvalue weighted by Gasteiger charge is -2.24. The van der Waals surface area contributed by atoms with Gasteiger partial charge < -0.3 is 4.90 Å². The maximum atomic E-state index is 12.3. The summed E-state index contributed by atoms with van der Waals surface area (Å²) in [5, 5.41) is 2.02. The monoisotopic (exact) mass is 324 g/mol. The molecule has 0 aliphatic heterocycles. The maximum Gasteiger partial charge on any atom is 0.255 e. The van der Waals surface area contributed by atoms with Crippen LogP contribution in [0.2, 0.25) is 0 Å². The zero-order chi connectivity index (χ0) is 13.1. The SMILES string of the molecule is CC(c1cccs1)N(C)C(=O)c1cncc(Br)c1. The van der Waals surface area contributed by atoms with Crippen LogP contribution in [0.1, 0.15) is 28.2 Å². The minimum absolute atomic E-state index is 0.0234. The summed E-state index contributed by atoms with van der Waals surface area (Å²) < 4.78 is 0.811. The van der Waals surface area contributed by atoms with E-state index in [1.807, 2.05) is 31.5 Å². The zero-order valence-electron chi connectivity index (χ0n) is 10.1. The summed E-state index contributed by atoms with van der Waals surface area (Å²) in [6, 6.07) is 5.89. The maximum absolute atomic E-state index is 12.3. The highest BCUT2D eigenvalue weighted by Crippen LogP contribution is 2.24. The van der Waals surface area contributed by atoms with Gasteiger partial charge >= 0.3 is 0 Å². The van der Waals surface area contributed by atoms with Crippen molar-refractivity contribution >= 4 is 33.2 Å². The highest BCUT2D eigenvalue weighted by atomic mass is 79.9. The second kappa shape index (κ2) is 5.63. The Bertz CT molecular complexity index is 542. The largest absolute Gasteiger partial charge is 0.334 e. The number of pyridine rings is 1. The highest BCUT2D eigenvalue weighted by molar-refractivity contribution is 9.10. The van der Waals surface area contributed by atoms with Gasteiger partial charge in [-0.15, -0.1) is 11.3 Å². The Morgan fingerprint density at radius 2 is 2.28 bits per heavy atom. The van der Waals surface area contributed by atoms with Gasteiger partial charge in [-0.3, -0.25) is 9.78 Å². The van der Waals surface area contributed by atoms with Gasteiger partial charge in [-0.05, 0) is 40.4 Å². The lowest BCUT2D eigenvalue weighted by molar-refractivity contribution is 0.0744. The van der Waals surface area contributed by atoms with E-state index < -0.39 is 0 Å². The number of rotatable bonds is 3. The van der Waals surface area contributed by atoms with Crippen molar-refractivity contribution < 1.29 is 4.79 Å². The van der Waals surface area contributed by atoms with Gasteiger partial charge in [-0.25, -0.2) is 0 Å². The number of amides is 1. The van der Waals surface area contributed by atoms with E-state index in [0.717, 1.165) is 4.47 Å². The third-order valence-electron chi connectivity index (χ3n) is 2.81. The van der Waals surface area contributed by atoms with Gasteiger partial charge in [0.25, 0.3) is 5.91 Å². The molecule has 1 amide bonds. The quantitative estimate of drug-likeness (QED) is 0.861. The van der Waals surface area contributed by atoms with Crippen LogP contribution in [0.15, 0.2) is 40.4 Å². The van der Waals surface area contributed by atoms with Crippen LogP contribution in [0.5, 0.6) is 0 Å². The number of thiophene rings is 1. The first kappa shape index (κ1) is 13.2.